The highest BCUT2D eigenvalue weighted by Crippen LogP contribution is 2.45. The molecule has 0 bridgehead atoms. The lowest BCUT2D eigenvalue weighted by Crippen LogP contribution is -2.29. The Bertz CT molecular complexity index is 1380. The fraction of sp³-hybridized carbons (Fsp3) is 0.214. The number of methoxy groups -OCH3 is 2. The highest BCUT2D eigenvalue weighted by Gasteiger charge is 2.47. The van der Waals surface area contributed by atoms with E-state index in [0.29, 0.717) is 39.8 Å². The fourth-order valence-electron chi connectivity index (χ4n) is 4.52. The van der Waals surface area contributed by atoms with E-state index in [2.05, 4.69) is 0 Å². The van der Waals surface area contributed by atoms with E-state index in [-0.39, 0.29) is 18.1 Å². The molecule has 1 amide bonds. The van der Waals surface area contributed by atoms with Gasteiger partial charge in [0.1, 0.15) is 5.76 Å². The second-order valence-corrected chi connectivity index (χ2v) is 8.37. The Hall–Kier alpha value is -4.46. The quantitative estimate of drug-likeness (QED) is 0.308. The molecular formula is C28H25NO7. The number of rotatable bonds is 6. The number of ketones is 1. The summed E-state index contributed by atoms with van der Waals surface area (Å²) in [4.78, 5) is 28.2. The van der Waals surface area contributed by atoms with E-state index in [4.69, 9.17) is 18.9 Å². The molecule has 8 nitrogen and oxygen atoms in total. The molecule has 3 aromatic carbocycles. The van der Waals surface area contributed by atoms with Crippen molar-refractivity contribution >= 4 is 23.1 Å². The van der Waals surface area contributed by atoms with Gasteiger partial charge < -0.3 is 24.1 Å². The molecule has 2 aliphatic rings. The van der Waals surface area contributed by atoms with Gasteiger partial charge in [-0.2, -0.15) is 0 Å². The monoisotopic (exact) mass is 487 g/mol. The van der Waals surface area contributed by atoms with Gasteiger partial charge >= 0.3 is 0 Å². The molecule has 1 saturated heterocycles. The summed E-state index contributed by atoms with van der Waals surface area (Å²) in [5.74, 6) is 0.0636. The average Bonchev–Trinajstić information content (AvgIpc) is 3.49. The number of aliphatic hydroxyl groups excluding tert-OH is 1. The summed E-state index contributed by atoms with van der Waals surface area (Å²) >= 11 is 0. The summed E-state index contributed by atoms with van der Waals surface area (Å²) in [6.07, 6.45) is 0.841. The third kappa shape index (κ3) is 3.80. The second kappa shape index (κ2) is 9.30. The lowest BCUT2D eigenvalue weighted by atomic mass is 9.94. The van der Waals surface area contributed by atoms with Crippen LogP contribution in [0.1, 0.15) is 29.7 Å². The minimum atomic E-state index is -0.862. The normalized spacial score (nSPS) is 18.0. The van der Waals surface area contributed by atoms with Crippen molar-refractivity contribution in [3.05, 3.63) is 82.9 Å². The number of benzene rings is 3. The Morgan fingerprint density at radius 3 is 2.36 bits per heavy atom. The topological polar surface area (TPSA) is 94.5 Å². The predicted octanol–water partition coefficient (Wildman–Crippen LogP) is 4.62. The number of carbonyl (C=O) groups is 2. The van der Waals surface area contributed by atoms with Crippen molar-refractivity contribution < 1.29 is 33.6 Å². The number of fused-ring (bicyclic) bond motifs is 1. The molecule has 1 atom stereocenters. The molecule has 36 heavy (non-hydrogen) atoms. The molecule has 0 aromatic heterocycles. The number of aliphatic hydroxyl groups is 1. The van der Waals surface area contributed by atoms with Crippen molar-refractivity contribution in [1.82, 2.24) is 0 Å². The third-order valence-corrected chi connectivity index (χ3v) is 6.44. The van der Waals surface area contributed by atoms with E-state index < -0.39 is 17.7 Å². The Labute approximate surface area is 208 Å². The molecule has 5 rings (SSSR count). The molecule has 3 aromatic rings. The molecule has 0 spiro atoms. The minimum absolute atomic E-state index is 0.0158. The first kappa shape index (κ1) is 23.3. The summed E-state index contributed by atoms with van der Waals surface area (Å²) in [6.45, 7) is 2.12. The summed E-state index contributed by atoms with van der Waals surface area (Å²) < 4.78 is 21.5. The van der Waals surface area contributed by atoms with Crippen LogP contribution < -0.4 is 23.8 Å². The zero-order valence-electron chi connectivity index (χ0n) is 20.1. The Kier molecular flexibility index (Phi) is 6.01. The molecule has 0 radical (unpaired) electrons. The molecule has 184 valence electrons. The molecule has 2 heterocycles. The molecular weight excluding hydrogens is 462 g/mol. The Balaban J connectivity index is 1.69. The van der Waals surface area contributed by atoms with E-state index >= 15 is 0 Å². The van der Waals surface area contributed by atoms with Crippen LogP contribution in [-0.2, 0) is 16.0 Å². The van der Waals surface area contributed by atoms with Gasteiger partial charge in [-0.1, -0.05) is 31.2 Å². The van der Waals surface area contributed by atoms with Crippen LogP contribution in [0.4, 0.5) is 5.69 Å². The van der Waals surface area contributed by atoms with Gasteiger partial charge in [-0.05, 0) is 47.9 Å². The van der Waals surface area contributed by atoms with E-state index in [0.717, 1.165) is 12.0 Å². The maximum Gasteiger partial charge on any atom is 0.300 e. The van der Waals surface area contributed by atoms with Gasteiger partial charge in [0, 0.05) is 17.3 Å². The van der Waals surface area contributed by atoms with E-state index in [1.807, 2.05) is 31.2 Å². The van der Waals surface area contributed by atoms with E-state index in [1.54, 1.807) is 36.4 Å². The smallest absolute Gasteiger partial charge is 0.300 e. The second-order valence-electron chi connectivity index (χ2n) is 8.37. The number of aryl methyl sites for hydroxylation is 1. The van der Waals surface area contributed by atoms with Crippen LogP contribution in [0.3, 0.4) is 0 Å². The van der Waals surface area contributed by atoms with E-state index in [9.17, 15) is 14.7 Å². The first-order chi connectivity index (χ1) is 17.5. The van der Waals surface area contributed by atoms with Gasteiger partial charge in [0.05, 0.1) is 25.8 Å². The number of anilines is 1. The molecule has 1 N–H and O–H groups in total. The summed E-state index contributed by atoms with van der Waals surface area (Å²) in [7, 11) is 3.01. The van der Waals surface area contributed by atoms with Crippen molar-refractivity contribution in [1.29, 1.82) is 0 Å². The number of ether oxygens (including phenoxy) is 4. The number of hydrogen-bond acceptors (Lipinski definition) is 7. The lowest BCUT2D eigenvalue weighted by Gasteiger charge is -2.26. The average molecular weight is 488 g/mol. The Morgan fingerprint density at radius 2 is 1.67 bits per heavy atom. The largest absolute Gasteiger partial charge is 0.507 e. The molecule has 8 heteroatoms. The maximum atomic E-state index is 13.4. The zero-order chi connectivity index (χ0) is 25.4. The van der Waals surface area contributed by atoms with Gasteiger partial charge in [0.15, 0.2) is 23.0 Å². The van der Waals surface area contributed by atoms with Crippen molar-refractivity contribution in [2.75, 3.05) is 25.9 Å². The maximum absolute atomic E-state index is 13.4. The highest BCUT2D eigenvalue weighted by molar-refractivity contribution is 6.51. The molecule has 0 aliphatic carbocycles. The number of amides is 1. The van der Waals surface area contributed by atoms with E-state index in [1.165, 1.54) is 19.1 Å². The van der Waals surface area contributed by atoms with Crippen LogP contribution in [0.15, 0.2) is 66.2 Å². The summed E-state index contributed by atoms with van der Waals surface area (Å²) in [6, 6.07) is 16.7. The van der Waals surface area contributed by atoms with Crippen molar-refractivity contribution in [3.63, 3.8) is 0 Å². The van der Waals surface area contributed by atoms with Gasteiger partial charge in [0.25, 0.3) is 11.7 Å². The predicted molar refractivity (Wildman–Crippen MR) is 133 cm³/mol. The van der Waals surface area contributed by atoms with Crippen molar-refractivity contribution in [3.8, 4) is 23.0 Å². The molecule has 0 saturated carbocycles. The van der Waals surface area contributed by atoms with Crippen LogP contribution in [0.25, 0.3) is 5.76 Å². The summed E-state index contributed by atoms with van der Waals surface area (Å²) in [5.41, 5.74) is 2.56. The Morgan fingerprint density at radius 1 is 0.944 bits per heavy atom. The highest BCUT2D eigenvalue weighted by atomic mass is 16.7. The lowest BCUT2D eigenvalue weighted by molar-refractivity contribution is -0.132. The SMILES string of the molecule is CCc1ccc(C2/C(=C(/O)c3ccc4c(c3)OCO4)C(=O)C(=O)N2c2ccc(OC)c(OC)c2)cc1. The van der Waals surface area contributed by atoms with Gasteiger partial charge in [-0.25, -0.2) is 0 Å². The van der Waals surface area contributed by atoms with Gasteiger partial charge in [0.2, 0.25) is 6.79 Å². The van der Waals surface area contributed by atoms with Crippen LogP contribution in [0.2, 0.25) is 0 Å². The van der Waals surface area contributed by atoms with Crippen LogP contribution in [-0.4, -0.2) is 37.8 Å². The number of carbonyl (C=O) groups excluding carboxylic acids is 2. The van der Waals surface area contributed by atoms with Crippen molar-refractivity contribution in [2.45, 2.75) is 19.4 Å². The third-order valence-electron chi connectivity index (χ3n) is 6.44. The summed E-state index contributed by atoms with van der Waals surface area (Å²) in [5, 5.41) is 11.4. The first-order valence-electron chi connectivity index (χ1n) is 11.5. The van der Waals surface area contributed by atoms with Gasteiger partial charge in [-0.15, -0.1) is 0 Å². The van der Waals surface area contributed by atoms with Gasteiger partial charge in [-0.3, -0.25) is 14.5 Å². The molecule has 1 unspecified atom stereocenters. The minimum Gasteiger partial charge on any atom is -0.507 e. The zero-order valence-corrected chi connectivity index (χ0v) is 20.1. The number of hydrogen-bond donors (Lipinski definition) is 1. The van der Waals surface area contributed by atoms with Crippen LogP contribution >= 0.6 is 0 Å². The first-order valence-corrected chi connectivity index (χ1v) is 11.5. The van der Waals surface area contributed by atoms with Crippen LogP contribution in [0.5, 0.6) is 23.0 Å². The fourth-order valence-corrected chi connectivity index (χ4v) is 4.52. The standard InChI is InChI=1S/C28H25NO7/c1-4-16-5-7-17(8-6-16)25-24(26(30)18-9-11-21-23(13-18)36-15-35-21)27(31)28(32)29(25)19-10-12-20(33-2)22(14-19)34-3/h5-14,25,30H,4,15H2,1-3H3/b26-24-. The number of nitrogens with zero attached hydrogens (tertiary/aromatic N) is 1. The molecule has 2 aliphatic heterocycles. The van der Waals surface area contributed by atoms with Crippen molar-refractivity contribution in [2.24, 2.45) is 0 Å². The number of Topliss-reactive ketones (excluding diaryl/α,β-unsaturated/α-hetero) is 1. The molecule has 1 fully saturated rings. The van der Waals surface area contributed by atoms with Crippen LogP contribution in [0, 0.1) is 0 Å².